The van der Waals surface area contributed by atoms with Gasteiger partial charge in [-0.2, -0.15) is 0 Å². The zero-order chi connectivity index (χ0) is 14.0. The number of hydrogen-bond donors (Lipinski definition) is 1. The lowest BCUT2D eigenvalue weighted by atomic mass is 9.96. The zero-order valence-electron chi connectivity index (χ0n) is 11.8. The predicted octanol–water partition coefficient (Wildman–Crippen LogP) is 2.68. The van der Waals surface area contributed by atoms with E-state index in [0.717, 1.165) is 12.8 Å². The van der Waals surface area contributed by atoms with Crippen molar-refractivity contribution in [2.45, 2.75) is 45.2 Å². The monoisotopic (exact) mass is 262 g/mol. The van der Waals surface area contributed by atoms with Crippen LogP contribution in [0, 0.1) is 0 Å². The molecule has 2 unspecified atom stereocenters. The number of carbonyl (C=O) groups is 1. The Kier molecular flexibility index (Phi) is 3.98. The minimum atomic E-state index is -0.0188. The highest BCUT2D eigenvalue weighted by atomic mass is 16.5. The molecular formula is C15H22N2O2. The fourth-order valence-corrected chi connectivity index (χ4v) is 2.90. The quantitative estimate of drug-likeness (QED) is 0.834. The first-order chi connectivity index (χ1) is 9.06. The van der Waals surface area contributed by atoms with Gasteiger partial charge in [0.1, 0.15) is 11.3 Å². The van der Waals surface area contributed by atoms with E-state index in [-0.39, 0.29) is 18.0 Å². The lowest BCUT2D eigenvalue weighted by molar-refractivity contribution is 0.0508. The van der Waals surface area contributed by atoms with Gasteiger partial charge in [0.05, 0.1) is 7.11 Å². The molecule has 1 saturated heterocycles. The van der Waals surface area contributed by atoms with Crippen LogP contribution >= 0.6 is 0 Å². The van der Waals surface area contributed by atoms with E-state index in [4.69, 9.17) is 10.5 Å². The summed E-state index contributed by atoms with van der Waals surface area (Å²) in [5, 5.41) is 0. The van der Waals surface area contributed by atoms with Crippen LogP contribution in [0.4, 0.5) is 5.69 Å². The van der Waals surface area contributed by atoms with Gasteiger partial charge < -0.3 is 15.4 Å². The van der Waals surface area contributed by atoms with Crippen molar-refractivity contribution in [1.29, 1.82) is 0 Å². The van der Waals surface area contributed by atoms with E-state index < -0.39 is 0 Å². The topological polar surface area (TPSA) is 55.6 Å². The highest BCUT2D eigenvalue weighted by molar-refractivity contribution is 6.02. The van der Waals surface area contributed by atoms with E-state index in [1.54, 1.807) is 25.3 Å². The summed E-state index contributed by atoms with van der Waals surface area (Å²) in [6, 6.07) is 5.83. The predicted molar refractivity (Wildman–Crippen MR) is 76.4 cm³/mol. The zero-order valence-corrected chi connectivity index (χ0v) is 11.8. The number of methoxy groups -OCH3 is 1. The van der Waals surface area contributed by atoms with Crippen LogP contribution in [0.1, 0.15) is 43.5 Å². The minimum Gasteiger partial charge on any atom is -0.496 e. The molecule has 19 heavy (non-hydrogen) atoms. The summed E-state index contributed by atoms with van der Waals surface area (Å²) < 4.78 is 5.28. The lowest BCUT2D eigenvalue weighted by Gasteiger charge is -2.39. The molecule has 1 heterocycles. The first-order valence-corrected chi connectivity index (χ1v) is 6.81. The second-order valence-corrected chi connectivity index (χ2v) is 5.27. The number of piperidine rings is 1. The fraction of sp³-hybridized carbons (Fsp3) is 0.533. The number of nitrogens with two attached hydrogens (primary N) is 1. The smallest absolute Gasteiger partial charge is 0.260 e. The third-order valence-electron chi connectivity index (χ3n) is 3.92. The van der Waals surface area contributed by atoms with Crippen LogP contribution in [0.25, 0.3) is 0 Å². The SMILES string of the molecule is COc1cccc(N)c1C(=O)N1C(C)CCCC1C. The minimum absolute atomic E-state index is 0.0188. The number of amides is 1. The van der Waals surface area contributed by atoms with Crippen LogP contribution in [0.3, 0.4) is 0 Å². The number of rotatable bonds is 2. The van der Waals surface area contributed by atoms with Crippen molar-refractivity contribution in [2.24, 2.45) is 0 Å². The standard InChI is InChI=1S/C15H22N2O2/c1-10-6-4-7-11(2)17(10)15(18)14-12(16)8-5-9-13(14)19-3/h5,8-11H,4,6-7,16H2,1-3H3. The summed E-state index contributed by atoms with van der Waals surface area (Å²) in [6.45, 7) is 4.19. The van der Waals surface area contributed by atoms with E-state index >= 15 is 0 Å². The van der Waals surface area contributed by atoms with E-state index in [1.165, 1.54) is 6.42 Å². The summed E-state index contributed by atoms with van der Waals surface area (Å²) in [5.74, 6) is 0.532. The van der Waals surface area contributed by atoms with Crippen LogP contribution in [0.2, 0.25) is 0 Å². The van der Waals surface area contributed by atoms with Gasteiger partial charge in [-0.25, -0.2) is 0 Å². The normalized spacial score (nSPS) is 23.2. The van der Waals surface area contributed by atoms with Gasteiger partial charge in [0.2, 0.25) is 0 Å². The van der Waals surface area contributed by atoms with Gasteiger partial charge in [-0.05, 0) is 45.2 Å². The number of likely N-dealkylation sites (tertiary alicyclic amines) is 1. The second kappa shape index (κ2) is 5.51. The summed E-state index contributed by atoms with van der Waals surface area (Å²) in [7, 11) is 1.56. The van der Waals surface area contributed by atoms with Gasteiger partial charge in [-0.15, -0.1) is 0 Å². The summed E-state index contributed by atoms with van der Waals surface area (Å²) in [6.07, 6.45) is 3.27. The Morgan fingerprint density at radius 2 is 1.95 bits per heavy atom. The molecule has 104 valence electrons. The molecule has 0 bridgehead atoms. The number of anilines is 1. The van der Waals surface area contributed by atoms with Crippen LogP contribution in [0.5, 0.6) is 5.75 Å². The number of ether oxygens (including phenoxy) is 1. The molecule has 1 aliphatic heterocycles. The molecule has 1 fully saturated rings. The van der Waals surface area contributed by atoms with Gasteiger partial charge in [0, 0.05) is 17.8 Å². The summed E-state index contributed by atoms with van der Waals surface area (Å²) >= 11 is 0. The van der Waals surface area contributed by atoms with E-state index in [0.29, 0.717) is 17.0 Å². The summed E-state index contributed by atoms with van der Waals surface area (Å²) in [4.78, 5) is 14.7. The number of nitrogen functional groups attached to an aromatic ring is 1. The van der Waals surface area contributed by atoms with Crippen molar-refractivity contribution >= 4 is 11.6 Å². The summed E-state index contributed by atoms with van der Waals surface area (Å²) in [5.41, 5.74) is 6.94. The highest BCUT2D eigenvalue weighted by Crippen LogP contribution is 2.30. The van der Waals surface area contributed by atoms with E-state index in [2.05, 4.69) is 13.8 Å². The molecule has 1 aromatic carbocycles. The molecule has 0 spiro atoms. The molecule has 1 aromatic rings. The third-order valence-corrected chi connectivity index (χ3v) is 3.92. The molecule has 2 N–H and O–H groups in total. The highest BCUT2D eigenvalue weighted by Gasteiger charge is 2.32. The lowest BCUT2D eigenvalue weighted by Crippen LogP contribution is -2.47. The van der Waals surface area contributed by atoms with Gasteiger partial charge >= 0.3 is 0 Å². The number of carbonyl (C=O) groups excluding carboxylic acids is 1. The Balaban J connectivity index is 2.38. The molecule has 0 aromatic heterocycles. The molecule has 2 rings (SSSR count). The third kappa shape index (κ3) is 2.53. The Morgan fingerprint density at radius 3 is 2.53 bits per heavy atom. The number of benzene rings is 1. The number of hydrogen-bond acceptors (Lipinski definition) is 3. The van der Waals surface area contributed by atoms with Crippen molar-refractivity contribution in [3.8, 4) is 5.75 Å². The molecular weight excluding hydrogens is 240 g/mol. The molecule has 0 saturated carbocycles. The van der Waals surface area contributed by atoms with Crippen molar-refractivity contribution < 1.29 is 9.53 Å². The van der Waals surface area contributed by atoms with Gasteiger partial charge in [-0.3, -0.25) is 4.79 Å². The molecule has 2 atom stereocenters. The van der Waals surface area contributed by atoms with Crippen molar-refractivity contribution in [1.82, 2.24) is 4.90 Å². The van der Waals surface area contributed by atoms with E-state index in [9.17, 15) is 4.79 Å². The average molecular weight is 262 g/mol. The van der Waals surface area contributed by atoms with Crippen LogP contribution in [-0.4, -0.2) is 30.0 Å². The molecule has 1 amide bonds. The van der Waals surface area contributed by atoms with Crippen molar-refractivity contribution in [2.75, 3.05) is 12.8 Å². The van der Waals surface area contributed by atoms with Gasteiger partial charge in [0.15, 0.2) is 0 Å². The van der Waals surface area contributed by atoms with Crippen LogP contribution < -0.4 is 10.5 Å². The molecule has 1 aliphatic rings. The molecule has 0 radical (unpaired) electrons. The first-order valence-electron chi connectivity index (χ1n) is 6.81. The maximum absolute atomic E-state index is 12.8. The maximum atomic E-state index is 12.8. The van der Waals surface area contributed by atoms with Crippen molar-refractivity contribution in [3.63, 3.8) is 0 Å². The van der Waals surface area contributed by atoms with Gasteiger partial charge in [-0.1, -0.05) is 6.07 Å². The Bertz CT molecular complexity index is 463. The molecule has 4 nitrogen and oxygen atoms in total. The maximum Gasteiger partial charge on any atom is 0.260 e. The van der Waals surface area contributed by atoms with E-state index in [1.807, 2.05) is 4.90 Å². The van der Waals surface area contributed by atoms with Crippen molar-refractivity contribution in [3.05, 3.63) is 23.8 Å². The van der Waals surface area contributed by atoms with Crippen LogP contribution in [-0.2, 0) is 0 Å². The second-order valence-electron chi connectivity index (χ2n) is 5.27. The first kappa shape index (κ1) is 13.7. The Labute approximate surface area is 114 Å². The molecule has 4 heteroatoms. The Hall–Kier alpha value is -1.71. The van der Waals surface area contributed by atoms with Crippen LogP contribution in [0.15, 0.2) is 18.2 Å². The Morgan fingerprint density at radius 1 is 1.32 bits per heavy atom. The molecule has 0 aliphatic carbocycles. The fourth-order valence-electron chi connectivity index (χ4n) is 2.90. The largest absolute Gasteiger partial charge is 0.496 e. The number of nitrogens with zero attached hydrogens (tertiary/aromatic N) is 1. The average Bonchev–Trinajstić information content (AvgIpc) is 2.37. The van der Waals surface area contributed by atoms with Gasteiger partial charge in [0.25, 0.3) is 5.91 Å².